The number of carbonyl (C=O) groups is 1. The lowest BCUT2D eigenvalue weighted by atomic mass is 10.1. The molecule has 1 aromatic carbocycles. The van der Waals surface area contributed by atoms with Crippen LogP contribution in [0.4, 0.5) is 5.69 Å². The summed E-state index contributed by atoms with van der Waals surface area (Å²) in [5.74, 6) is 1.14. The maximum Gasteiger partial charge on any atom is 0.223 e. The first-order valence-corrected chi connectivity index (χ1v) is 11.0. The van der Waals surface area contributed by atoms with E-state index >= 15 is 0 Å². The van der Waals surface area contributed by atoms with Gasteiger partial charge in [0.15, 0.2) is 5.96 Å². The smallest absolute Gasteiger partial charge is 0.223 e. The second kappa shape index (κ2) is 12.6. The number of benzene rings is 1. The standard InChI is InChI=1S/C21H33ClN6O.HI/c1-3-23-21(25-10-9-24-20(29)16-7-8-16)26-15-17-18(22)5-4-6-19(17)28-13-11-27(2)12-14-28;/h4-6,16H,3,7-15H2,1-2H3,(H,24,29)(H2,23,25,26);1H. The molecule has 0 bridgehead atoms. The van der Waals surface area contributed by atoms with Crippen molar-refractivity contribution < 1.29 is 4.79 Å². The Morgan fingerprint density at radius 3 is 2.50 bits per heavy atom. The lowest BCUT2D eigenvalue weighted by Gasteiger charge is -2.35. The van der Waals surface area contributed by atoms with Crippen LogP contribution in [-0.4, -0.2) is 69.6 Å². The largest absolute Gasteiger partial charge is 0.369 e. The third-order valence-electron chi connectivity index (χ3n) is 5.34. The number of aliphatic imine (C=N–C) groups is 1. The highest BCUT2D eigenvalue weighted by atomic mass is 127. The van der Waals surface area contributed by atoms with Crippen molar-refractivity contribution >= 4 is 53.1 Å². The normalized spacial score (nSPS) is 17.3. The molecule has 3 rings (SSSR count). The molecule has 1 aliphatic carbocycles. The number of nitrogens with one attached hydrogen (secondary N) is 3. The Kier molecular flexibility index (Phi) is 10.5. The second-order valence-corrected chi connectivity index (χ2v) is 8.12. The number of hydrogen-bond donors (Lipinski definition) is 3. The quantitative estimate of drug-likeness (QED) is 0.201. The molecule has 7 nitrogen and oxygen atoms in total. The zero-order valence-corrected chi connectivity index (χ0v) is 21.0. The zero-order chi connectivity index (χ0) is 20.6. The van der Waals surface area contributed by atoms with Crippen molar-refractivity contribution in [2.75, 3.05) is 57.8 Å². The fraction of sp³-hybridized carbons (Fsp3) is 0.619. The molecule has 1 saturated heterocycles. The van der Waals surface area contributed by atoms with Gasteiger partial charge < -0.3 is 25.8 Å². The predicted octanol–water partition coefficient (Wildman–Crippen LogP) is 2.29. The minimum atomic E-state index is 0. The molecule has 1 heterocycles. The average Bonchev–Trinajstić information content (AvgIpc) is 3.56. The number of hydrogen-bond acceptors (Lipinski definition) is 4. The first-order valence-electron chi connectivity index (χ1n) is 10.6. The van der Waals surface area contributed by atoms with Gasteiger partial charge in [-0.15, -0.1) is 24.0 Å². The molecule has 2 fully saturated rings. The first-order chi connectivity index (χ1) is 14.1. The molecular weight excluding hydrogens is 515 g/mol. The van der Waals surface area contributed by atoms with Crippen LogP contribution in [0, 0.1) is 5.92 Å². The summed E-state index contributed by atoms with van der Waals surface area (Å²) < 4.78 is 0. The molecule has 1 aromatic rings. The Hall–Kier alpha value is -1.26. The van der Waals surface area contributed by atoms with E-state index < -0.39 is 0 Å². The molecular formula is C21H34ClIN6O. The number of anilines is 1. The molecule has 1 aliphatic heterocycles. The van der Waals surface area contributed by atoms with Crippen LogP contribution in [0.1, 0.15) is 25.3 Å². The van der Waals surface area contributed by atoms with E-state index in [9.17, 15) is 4.79 Å². The summed E-state index contributed by atoms with van der Waals surface area (Å²) >= 11 is 6.54. The summed E-state index contributed by atoms with van der Waals surface area (Å²) in [6.07, 6.45) is 2.05. The van der Waals surface area contributed by atoms with E-state index in [0.717, 1.165) is 62.1 Å². The maximum absolute atomic E-state index is 11.7. The molecule has 0 unspecified atom stereocenters. The van der Waals surface area contributed by atoms with E-state index in [1.807, 2.05) is 19.1 Å². The Labute approximate surface area is 202 Å². The van der Waals surface area contributed by atoms with Gasteiger partial charge in [0, 0.05) is 68.0 Å². The fourth-order valence-electron chi connectivity index (χ4n) is 3.40. The van der Waals surface area contributed by atoms with E-state index in [0.29, 0.717) is 19.6 Å². The minimum absolute atomic E-state index is 0. The van der Waals surface area contributed by atoms with Crippen molar-refractivity contribution in [3.8, 4) is 0 Å². The van der Waals surface area contributed by atoms with Crippen LogP contribution in [0.3, 0.4) is 0 Å². The van der Waals surface area contributed by atoms with Gasteiger partial charge in [-0.3, -0.25) is 4.79 Å². The Bertz CT molecular complexity index is 719. The Morgan fingerprint density at radius 2 is 1.83 bits per heavy atom. The van der Waals surface area contributed by atoms with Gasteiger partial charge in [0.2, 0.25) is 5.91 Å². The molecule has 2 aliphatic rings. The molecule has 0 atom stereocenters. The van der Waals surface area contributed by atoms with Crippen LogP contribution < -0.4 is 20.9 Å². The van der Waals surface area contributed by atoms with E-state index in [1.165, 1.54) is 5.69 Å². The molecule has 30 heavy (non-hydrogen) atoms. The van der Waals surface area contributed by atoms with Gasteiger partial charge in [0.1, 0.15) is 0 Å². The first kappa shape index (κ1) is 25.0. The van der Waals surface area contributed by atoms with Gasteiger partial charge in [-0.25, -0.2) is 4.99 Å². The summed E-state index contributed by atoms with van der Waals surface area (Å²) in [7, 11) is 2.15. The number of rotatable bonds is 8. The number of amides is 1. The number of likely N-dealkylation sites (N-methyl/N-ethyl adjacent to an activating group) is 1. The van der Waals surface area contributed by atoms with Gasteiger partial charge >= 0.3 is 0 Å². The average molecular weight is 549 g/mol. The number of halogens is 2. The highest BCUT2D eigenvalue weighted by Gasteiger charge is 2.29. The highest BCUT2D eigenvalue weighted by Crippen LogP contribution is 2.29. The Morgan fingerprint density at radius 1 is 1.13 bits per heavy atom. The second-order valence-electron chi connectivity index (χ2n) is 7.72. The van der Waals surface area contributed by atoms with Gasteiger partial charge in [-0.1, -0.05) is 17.7 Å². The monoisotopic (exact) mass is 548 g/mol. The molecule has 0 spiro atoms. The van der Waals surface area contributed by atoms with E-state index in [4.69, 9.17) is 16.6 Å². The third-order valence-corrected chi connectivity index (χ3v) is 5.70. The van der Waals surface area contributed by atoms with Crippen molar-refractivity contribution in [3.05, 3.63) is 28.8 Å². The van der Waals surface area contributed by atoms with Crippen LogP contribution in [0.25, 0.3) is 0 Å². The summed E-state index contributed by atoms with van der Waals surface area (Å²) in [6, 6.07) is 6.07. The number of guanidine groups is 1. The predicted molar refractivity (Wildman–Crippen MR) is 135 cm³/mol. The van der Waals surface area contributed by atoms with Crippen LogP contribution in [0.15, 0.2) is 23.2 Å². The topological polar surface area (TPSA) is 72.0 Å². The molecule has 9 heteroatoms. The molecule has 0 aromatic heterocycles. The van der Waals surface area contributed by atoms with E-state index in [-0.39, 0.29) is 35.8 Å². The van der Waals surface area contributed by atoms with Crippen molar-refractivity contribution in [1.29, 1.82) is 0 Å². The van der Waals surface area contributed by atoms with Crippen LogP contribution in [-0.2, 0) is 11.3 Å². The maximum atomic E-state index is 11.7. The van der Waals surface area contributed by atoms with Crippen molar-refractivity contribution in [2.24, 2.45) is 10.9 Å². The van der Waals surface area contributed by atoms with Gasteiger partial charge in [0.25, 0.3) is 0 Å². The van der Waals surface area contributed by atoms with Gasteiger partial charge in [0.05, 0.1) is 6.54 Å². The summed E-state index contributed by atoms with van der Waals surface area (Å²) in [5, 5.41) is 10.3. The highest BCUT2D eigenvalue weighted by molar-refractivity contribution is 14.0. The van der Waals surface area contributed by atoms with Crippen LogP contribution in [0.2, 0.25) is 5.02 Å². The molecule has 1 amide bonds. The number of carbonyl (C=O) groups excluding carboxylic acids is 1. The molecule has 168 valence electrons. The van der Waals surface area contributed by atoms with E-state index in [1.54, 1.807) is 0 Å². The number of piperazine rings is 1. The number of nitrogens with zero attached hydrogens (tertiary/aromatic N) is 3. The minimum Gasteiger partial charge on any atom is -0.369 e. The van der Waals surface area contributed by atoms with Gasteiger partial charge in [-0.05, 0) is 38.9 Å². The molecule has 1 saturated carbocycles. The molecule has 0 radical (unpaired) electrons. The van der Waals surface area contributed by atoms with Crippen molar-refractivity contribution in [2.45, 2.75) is 26.3 Å². The van der Waals surface area contributed by atoms with Crippen LogP contribution >= 0.6 is 35.6 Å². The van der Waals surface area contributed by atoms with Crippen molar-refractivity contribution in [3.63, 3.8) is 0 Å². The zero-order valence-electron chi connectivity index (χ0n) is 17.9. The van der Waals surface area contributed by atoms with E-state index in [2.05, 4.69) is 38.9 Å². The Balaban J connectivity index is 0.00000320. The fourth-order valence-corrected chi connectivity index (χ4v) is 3.63. The lowest BCUT2D eigenvalue weighted by molar-refractivity contribution is -0.122. The van der Waals surface area contributed by atoms with Crippen LogP contribution in [0.5, 0.6) is 0 Å². The summed E-state index contributed by atoms with van der Waals surface area (Å²) in [4.78, 5) is 21.2. The SMILES string of the molecule is CCNC(=NCc1c(Cl)cccc1N1CCN(C)CC1)NCCNC(=O)C1CC1.I. The lowest BCUT2D eigenvalue weighted by Crippen LogP contribution is -2.44. The van der Waals surface area contributed by atoms with Crippen molar-refractivity contribution in [1.82, 2.24) is 20.9 Å². The summed E-state index contributed by atoms with van der Waals surface area (Å²) in [5.41, 5.74) is 2.22. The summed E-state index contributed by atoms with van der Waals surface area (Å²) in [6.45, 7) is 8.63. The third kappa shape index (κ3) is 7.46. The molecule has 3 N–H and O–H groups in total. The van der Waals surface area contributed by atoms with Gasteiger partial charge in [-0.2, -0.15) is 0 Å².